The molecule has 0 bridgehead atoms. The van der Waals surface area contributed by atoms with Gasteiger partial charge in [-0.3, -0.25) is 4.79 Å². The van der Waals surface area contributed by atoms with Gasteiger partial charge >= 0.3 is 0 Å². The highest BCUT2D eigenvalue weighted by atomic mass is 16.1. The van der Waals surface area contributed by atoms with Gasteiger partial charge in [-0.05, 0) is 6.07 Å². The average molecular weight is 209 g/mol. The lowest BCUT2D eigenvalue weighted by Crippen LogP contribution is -2.34. The molecule has 0 radical (unpaired) electrons. The lowest BCUT2D eigenvalue weighted by atomic mass is 10.4. The van der Waals surface area contributed by atoms with E-state index in [9.17, 15) is 4.79 Å². The van der Waals surface area contributed by atoms with E-state index in [0.29, 0.717) is 12.5 Å². The number of rotatable bonds is 4. The maximum Gasteiger partial charge on any atom is 0.239 e. The van der Waals surface area contributed by atoms with Gasteiger partial charge in [0.15, 0.2) is 0 Å². The second kappa shape index (κ2) is 5.26. The summed E-state index contributed by atoms with van der Waals surface area (Å²) in [5.41, 5.74) is 6.21. The van der Waals surface area contributed by atoms with Crippen molar-refractivity contribution in [2.45, 2.75) is 6.54 Å². The molecule has 82 valence electrons. The Morgan fingerprint density at radius 1 is 1.67 bits per heavy atom. The second-order valence-corrected chi connectivity index (χ2v) is 3.08. The van der Waals surface area contributed by atoms with E-state index in [1.54, 1.807) is 31.3 Å². The molecular formula is C9H15N5O. The number of carbonyl (C=O) groups excluding carboxylic acids is 1. The van der Waals surface area contributed by atoms with Gasteiger partial charge in [0.1, 0.15) is 0 Å². The molecule has 6 nitrogen and oxygen atoms in total. The smallest absolute Gasteiger partial charge is 0.239 e. The molecule has 3 N–H and O–H groups in total. The van der Waals surface area contributed by atoms with Crippen molar-refractivity contribution in [3.8, 4) is 0 Å². The predicted molar refractivity (Wildman–Crippen MR) is 57.3 cm³/mol. The first kappa shape index (κ1) is 11.4. The first-order valence-corrected chi connectivity index (χ1v) is 4.61. The molecule has 0 saturated carbocycles. The first-order chi connectivity index (χ1) is 7.17. The minimum Gasteiger partial charge on any atom is -0.358 e. The molecule has 1 rings (SSSR count). The van der Waals surface area contributed by atoms with E-state index >= 15 is 0 Å². The topological polar surface area (TPSA) is 84.1 Å². The maximum atomic E-state index is 11.1. The molecule has 0 aromatic carbocycles. The summed E-state index contributed by atoms with van der Waals surface area (Å²) in [4.78, 5) is 21.0. The molecule has 6 heteroatoms. The summed E-state index contributed by atoms with van der Waals surface area (Å²) in [6.07, 6.45) is 1.63. The molecule has 1 aromatic rings. The number of nitrogens with one attached hydrogen (secondary N) is 1. The van der Waals surface area contributed by atoms with Crippen LogP contribution in [0, 0.1) is 0 Å². The summed E-state index contributed by atoms with van der Waals surface area (Å²) in [5.74, 6) is 0.417. The summed E-state index contributed by atoms with van der Waals surface area (Å²) in [5, 5.41) is 2.53. The predicted octanol–water partition coefficient (Wildman–Crippen LogP) is -0.882. The molecule has 0 saturated heterocycles. The van der Waals surface area contributed by atoms with Gasteiger partial charge in [0.05, 0.1) is 12.2 Å². The molecule has 0 aliphatic carbocycles. The van der Waals surface area contributed by atoms with Gasteiger partial charge in [-0.25, -0.2) is 9.97 Å². The zero-order valence-corrected chi connectivity index (χ0v) is 8.90. The van der Waals surface area contributed by atoms with E-state index in [1.807, 2.05) is 0 Å². The molecule has 0 unspecified atom stereocenters. The zero-order chi connectivity index (χ0) is 11.3. The van der Waals surface area contributed by atoms with Crippen LogP contribution in [0.5, 0.6) is 0 Å². The zero-order valence-electron chi connectivity index (χ0n) is 8.90. The molecule has 0 spiro atoms. The molecule has 15 heavy (non-hydrogen) atoms. The molecule has 1 amide bonds. The fourth-order valence-corrected chi connectivity index (χ4v) is 1.05. The van der Waals surface area contributed by atoms with Gasteiger partial charge < -0.3 is 16.0 Å². The van der Waals surface area contributed by atoms with Crippen molar-refractivity contribution >= 4 is 11.9 Å². The number of nitrogens with zero attached hydrogens (tertiary/aromatic N) is 3. The van der Waals surface area contributed by atoms with Crippen LogP contribution in [0.4, 0.5) is 5.95 Å². The Hall–Kier alpha value is -1.69. The minimum absolute atomic E-state index is 0.0840. The van der Waals surface area contributed by atoms with Gasteiger partial charge in [-0.2, -0.15) is 0 Å². The lowest BCUT2D eigenvalue weighted by molar-refractivity contribution is -0.119. The number of aromatic nitrogens is 2. The van der Waals surface area contributed by atoms with Gasteiger partial charge in [-0.1, -0.05) is 0 Å². The number of carbonyl (C=O) groups is 1. The van der Waals surface area contributed by atoms with Crippen LogP contribution in [0.15, 0.2) is 12.3 Å². The van der Waals surface area contributed by atoms with Crippen LogP contribution in [0.1, 0.15) is 5.69 Å². The van der Waals surface area contributed by atoms with E-state index in [0.717, 1.165) is 5.69 Å². The lowest BCUT2D eigenvalue weighted by Gasteiger charge is -2.15. The number of amides is 1. The van der Waals surface area contributed by atoms with E-state index in [1.165, 1.54) is 0 Å². The number of anilines is 1. The second-order valence-electron chi connectivity index (χ2n) is 3.08. The fraction of sp³-hybridized carbons (Fsp3) is 0.444. The standard InChI is InChI=1S/C9H15N5O/c1-11-8(15)6-14(2)9-12-4-3-7(5-10)13-9/h3-4H,5-6,10H2,1-2H3,(H,11,15). The van der Waals surface area contributed by atoms with Crippen molar-refractivity contribution in [2.75, 3.05) is 25.5 Å². The quantitative estimate of drug-likeness (QED) is 0.672. The van der Waals surface area contributed by atoms with Crippen molar-refractivity contribution in [1.82, 2.24) is 15.3 Å². The Labute approximate surface area is 88.5 Å². The van der Waals surface area contributed by atoms with Crippen LogP contribution < -0.4 is 16.0 Å². The summed E-state index contributed by atoms with van der Waals surface area (Å²) in [6, 6.07) is 1.75. The third-order valence-corrected chi connectivity index (χ3v) is 1.91. The molecule has 0 aliphatic rings. The number of hydrogen-bond donors (Lipinski definition) is 2. The van der Waals surface area contributed by atoms with Crippen molar-refractivity contribution < 1.29 is 4.79 Å². The molecule has 1 aromatic heterocycles. The van der Waals surface area contributed by atoms with E-state index in [-0.39, 0.29) is 12.5 Å². The molecule has 0 aliphatic heterocycles. The van der Waals surface area contributed by atoms with Gasteiger partial charge in [0.2, 0.25) is 11.9 Å². The van der Waals surface area contributed by atoms with Gasteiger partial charge in [0, 0.05) is 26.8 Å². The van der Waals surface area contributed by atoms with Crippen LogP contribution in [0.2, 0.25) is 0 Å². The highest BCUT2D eigenvalue weighted by Gasteiger charge is 2.08. The van der Waals surface area contributed by atoms with Crippen LogP contribution in [0.3, 0.4) is 0 Å². The monoisotopic (exact) mass is 209 g/mol. The van der Waals surface area contributed by atoms with Crippen molar-refractivity contribution in [3.63, 3.8) is 0 Å². The SMILES string of the molecule is CNC(=O)CN(C)c1nccc(CN)n1. The largest absolute Gasteiger partial charge is 0.358 e. The Morgan fingerprint density at radius 3 is 3.00 bits per heavy atom. The van der Waals surface area contributed by atoms with E-state index in [2.05, 4.69) is 15.3 Å². The fourth-order valence-electron chi connectivity index (χ4n) is 1.05. The van der Waals surface area contributed by atoms with Crippen molar-refractivity contribution in [3.05, 3.63) is 18.0 Å². The normalized spacial score (nSPS) is 9.80. The number of likely N-dealkylation sites (N-methyl/N-ethyl adjacent to an activating group) is 2. The minimum atomic E-state index is -0.0840. The van der Waals surface area contributed by atoms with E-state index < -0.39 is 0 Å². The summed E-state index contributed by atoms with van der Waals surface area (Å²) in [7, 11) is 3.35. The molecule has 0 fully saturated rings. The maximum absolute atomic E-state index is 11.1. The summed E-state index contributed by atoms with van der Waals surface area (Å²) >= 11 is 0. The van der Waals surface area contributed by atoms with Crippen LogP contribution in [-0.4, -0.2) is 36.5 Å². The molecular weight excluding hydrogens is 194 g/mol. The van der Waals surface area contributed by atoms with Crippen molar-refractivity contribution in [2.24, 2.45) is 5.73 Å². The van der Waals surface area contributed by atoms with Crippen LogP contribution in [-0.2, 0) is 11.3 Å². The Bertz CT molecular complexity index is 341. The summed E-state index contributed by atoms with van der Waals surface area (Å²) < 4.78 is 0. The van der Waals surface area contributed by atoms with Crippen LogP contribution in [0.25, 0.3) is 0 Å². The molecule has 1 heterocycles. The Balaban J connectivity index is 2.72. The third kappa shape index (κ3) is 3.17. The van der Waals surface area contributed by atoms with Crippen LogP contribution >= 0.6 is 0 Å². The van der Waals surface area contributed by atoms with Gasteiger partial charge in [0.25, 0.3) is 0 Å². The summed E-state index contributed by atoms with van der Waals surface area (Å²) in [6.45, 7) is 0.591. The Kier molecular flexibility index (Phi) is 3.99. The van der Waals surface area contributed by atoms with Gasteiger partial charge in [-0.15, -0.1) is 0 Å². The third-order valence-electron chi connectivity index (χ3n) is 1.91. The number of hydrogen-bond acceptors (Lipinski definition) is 5. The molecule has 0 atom stereocenters. The highest BCUT2D eigenvalue weighted by Crippen LogP contribution is 2.04. The number of nitrogens with two attached hydrogens (primary N) is 1. The van der Waals surface area contributed by atoms with E-state index in [4.69, 9.17) is 5.73 Å². The van der Waals surface area contributed by atoms with Crippen molar-refractivity contribution in [1.29, 1.82) is 0 Å². The Morgan fingerprint density at radius 2 is 2.40 bits per heavy atom. The highest BCUT2D eigenvalue weighted by molar-refractivity contribution is 5.80. The first-order valence-electron chi connectivity index (χ1n) is 4.61. The average Bonchev–Trinajstić information content (AvgIpc) is 2.28.